The fourth-order valence-corrected chi connectivity index (χ4v) is 11.4. The third-order valence-corrected chi connectivity index (χ3v) is 14.9. The van der Waals surface area contributed by atoms with E-state index in [0.29, 0.717) is 0 Å². The molecule has 0 atom stereocenters. The maximum atomic E-state index is 5.65. The van der Waals surface area contributed by atoms with E-state index in [-0.39, 0.29) is 5.41 Å². The second-order valence-corrected chi connectivity index (χ2v) is 19.2. The summed E-state index contributed by atoms with van der Waals surface area (Å²) in [5.74, 6) is 0. The number of para-hydroxylation sites is 6. The molecule has 95 heavy (non-hydrogen) atoms. The lowest BCUT2D eigenvalue weighted by atomic mass is 9.82. The molecule has 4 heteroatoms. The van der Waals surface area contributed by atoms with Crippen LogP contribution in [-0.4, -0.2) is 9.13 Å². The number of benzene rings is 10. The molecule has 0 unspecified atom stereocenters. The van der Waals surface area contributed by atoms with Gasteiger partial charge in [-0.1, -0.05) is 388 Å². The van der Waals surface area contributed by atoms with Crippen molar-refractivity contribution in [3.63, 3.8) is 0 Å². The Labute approximate surface area is 585 Å². The largest absolute Gasteiger partial charge is 0.456 e. The molecule has 0 amide bonds. The number of nitrogens with zero attached hydrogens (tertiary/aromatic N) is 2. The SMILES string of the molecule is CC.CC.CC.CC.CC.CC.CC.CC.CC.CC.CC.CC.CC.CC1(C)c2ccccc2-c2ccccc21.Cn1c2ccccc2c2ccccc21.Cn1c2ccccc2c2ccccc21.c1ccc2c(c1)oc1ccccc12.c1ccc2c(c1)sc1ccccc12. The molecule has 1 aliphatic carbocycles. The zero-order chi connectivity index (χ0) is 72.9. The molecule has 0 fully saturated rings. The lowest BCUT2D eigenvalue weighted by Gasteiger charge is -2.20. The van der Waals surface area contributed by atoms with Crippen molar-refractivity contribution in [2.75, 3.05) is 0 Å². The zero-order valence-corrected chi connectivity index (χ0v) is 66.1. The maximum absolute atomic E-state index is 5.65. The Bertz CT molecular complexity index is 3630. The highest BCUT2D eigenvalue weighted by atomic mass is 32.1. The lowest BCUT2D eigenvalue weighted by molar-refractivity contribution is 0.660. The van der Waals surface area contributed by atoms with Crippen LogP contribution < -0.4 is 0 Å². The normalized spacial score (nSPS) is 9.66. The van der Waals surface area contributed by atoms with E-state index in [4.69, 9.17) is 4.42 Å². The van der Waals surface area contributed by atoms with Crippen LogP contribution in [0.15, 0.2) is 247 Å². The fourth-order valence-electron chi connectivity index (χ4n) is 10.3. The van der Waals surface area contributed by atoms with Crippen molar-refractivity contribution in [2.24, 2.45) is 14.1 Å². The summed E-state index contributed by atoms with van der Waals surface area (Å²) in [6, 6.07) is 84.8. The Morgan fingerprint density at radius 3 is 0.705 bits per heavy atom. The molecular weight excluding hydrogens is 1170 g/mol. The summed E-state index contributed by atoms with van der Waals surface area (Å²) < 4.78 is 12.9. The number of thiophene rings is 1. The van der Waals surface area contributed by atoms with Crippen LogP contribution in [0.5, 0.6) is 0 Å². The van der Waals surface area contributed by atoms with Crippen molar-refractivity contribution >= 4 is 97.1 Å². The van der Waals surface area contributed by atoms with Gasteiger partial charge in [0, 0.05) is 94.1 Å². The molecule has 516 valence electrons. The Balaban J connectivity index is -0.00000102. The molecule has 0 N–H and O–H groups in total. The first kappa shape index (κ1) is 91.0. The van der Waals surface area contributed by atoms with Crippen LogP contribution in [0.4, 0.5) is 0 Å². The summed E-state index contributed by atoms with van der Waals surface area (Å²) in [6.45, 7) is 56.6. The molecule has 0 aliphatic heterocycles. The second kappa shape index (κ2) is 55.1. The topological polar surface area (TPSA) is 23.0 Å². The van der Waals surface area contributed by atoms with Gasteiger partial charge in [0.25, 0.3) is 0 Å². The van der Waals surface area contributed by atoms with Gasteiger partial charge in [0.1, 0.15) is 11.2 Å². The number of rotatable bonds is 0. The lowest BCUT2D eigenvalue weighted by Crippen LogP contribution is -2.14. The average molecular weight is 1300 g/mol. The minimum atomic E-state index is 0.160. The smallest absolute Gasteiger partial charge is 0.135 e. The predicted molar refractivity (Wildman–Crippen MR) is 445 cm³/mol. The molecule has 14 aromatic rings. The molecule has 0 spiro atoms. The highest BCUT2D eigenvalue weighted by molar-refractivity contribution is 7.25. The molecule has 0 saturated heterocycles. The molecule has 3 nitrogen and oxygen atoms in total. The molecule has 4 heterocycles. The number of hydrogen-bond donors (Lipinski definition) is 0. The Morgan fingerprint density at radius 1 is 0.232 bits per heavy atom. The molecule has 0 saturated carbocycles. The van der Waals surface area contributed by atoms with E-state index in [9.17, 15) is 0 Å². The minimum Gasteiger partial charge on any atom is -0.456 e. The Kier molecular flexibility index (Phi) is 52.8. The number of fused-ring (bicyclic) bond motifs is 15. The first-order chi connectivity index (χ1) is 46.9. The van der Waals surface area contributed by atoms with E-state index >= 15 is 0 Å². The monoisotopic (exact) mass is 1300 g/mol. The van der Waals surface area contributed by atoms with Gasteiger partial charge in [-0.25, -0.2) is 0 Å². The summed E-state index contributed by atoms with van der Waals surface area (Å²) in [5, 5.41) is 10.5. The summed E-state index contributed by atoms with van der Waals surface area (Å²) in [7, 11) is 4.23. The van der Waals surface area contributed by atoms with Crippen molar-refractivity contribution in [1.82, 2.24) is 9.13 Å². The first-order valence-electron chi connectivity index (χ1n) is 36.6. The van der Waals surface area contributed by atoms with Gasteiger partial charge >= 0.3 is 0 Å². The number of aromatic nitrogens is 2. The van der Waals surface area contributed by atoms with Gasteiger partial charge in [-0.3, -0.25) is 0 Å². The van der Waals surface area contributed by atoms with E-state index in [1.54, 1.807) is 0 Å². The minimum absolute atomic E-state index is 0.160. The summed E-state index contributed by atoms with van der Waals surface area (Å²) in [5.41, 5.74) is 13.0. The van der Waals surface area contributed by atoms with Crippen molar-refractivity contribution in [1.29, 1.82) is 0 Å². The van der Waals surface area contributed by atoms with Gasteiger partial charge in [-0.05, 0) is 70.8 Å². The number of furan rings is 1. The van der Waals surface area contributed by atoms with Crippen molar-refractivity contribution < 1.29 is 4.42 Å². The summed E-state index contributed by atoms with van der Waals surface area (Å²) >= 11 is 1.86. The van der Waals surface area contributed by atoms with Gasteiger partial charge in [-0.2, -0.15) is 0 Å². The molecule has 0 radical (unpaired) electrons. The summed E-state index contributed by atoms with van der Waals surface area (Å²) in [6.07, 6.45) is 0. The van der Waals surface area contributed by atoms with Crippen LogP contribution in [0.2, 0.25) is 0 Å². The third kappa shape index (κ3) is 24.2. The highest BCUT2D eigenvalue weighted by Gasteiger charge is 2.34. The average Bonchev–Trinajstić information content (AvgIpc) is 1.61. The van der Waals surface area contributed by atoms with Crippen LogP contribution in [-0.2, 0) is 19.5 Å². The van der Waals surface area contributed by atoms with E-state index in [1.807, 2.05) is 228 Å². The quantitative estimate of drug-likeness (QED) is 0.148. The van der Waals surface area contributed by atoms with Crippen LogP contribution >= 0.6 is 11.3 Å². The van der Waals surface area contributed by atoms with Gasteiger partial charge in [-0.15, -0.1) is 11.3 Å². The molecule has 4 aromatic heterocycles. The number of hydrogen-bond acceptors (Lipinski definition) is 2. The molecule has 15 rings (SSSR count). The summed E-state index contributed by atoms with van der Waals surface area (Å²) in [4.78, 5) is 0. The van der Waals surface area contributed by atoms with Crippen LogP contribution in [0, 0.1) is 0 Å². The van der Waals surface area contributed by atoms with E-state index in [0.717, 1.165) is 11.2 Å². The third-order valence-electron chi connectivity index (χ3n) is 13.7. The van der Waals surface area contributed by atoms with Gasteiger partial charge < -0.3 is 13.6 Å². The number of aryl methyl sites for hydroxylation is 2. The fraction of sp³-hybridized carbons (Fsp3) is 0.341. The molecular formula is C91H130N2OS. The van der Waals surface area contributed by atoms with Gasteiger partial charge in [0.05, 0.1) is 0 Å². The van der Waals surface area contributed by atoms with Crippen LogP contribution in [0.25, 0.3) is 96.8 Å². The van der Waals surface area contributed by atoms with Crippen molar-refractivity contribution in [3.8, 4) is 11.1 Å². The molecule has 1 aliphatic rings. The second-order valence-electron chi connectivity index (χ2n) is 18.1. The van der Waals surface area contributed by atoms with Crippen LogP contribution in [0.1, 0.15) is 205 Å². The highest BCUT2D eigenvalue weighted by Crippen LogP contribution is 2.48. The van der Waals surface area contributed by atoms with Gasteiger partial charge in [0.15, 0.2) is 0 Å². The van der Waals surface area contributed by atoms with E-state index < -0.39 is 0 Å². The predicted octanol–water partition coefficient (Wildman–Crippen LogP) is 31.6. The zero-order valence-electron chi connectivity index (χ0n) is 65.3. The van der Waals surface area contributed by atoms with Gasteiger partial charge in [0.2, 0.25) is 0 Å². The Morgan fingerprint density at radius 2 is 0.432 bits per heavy atom. The van der Waals surface area contributed by atoms with Crippen molar-refractivity contribution in [2.45, 2.75) is 199 Å². The van der Waals surface area contributed by atoms with Crippen molar-refractivity contribution in [3.05, 3.63) is 254 Å². The molecule has 0 bridgehead atoms. The first-order valence-corrected chi connectivity index (χ1v) is 37.4. The Hall–Kier alpha value is -8.18. The van der Waals surface area contributed by atoms with Crippen LogP contribution in [0.3, 0.4) is 0 Å². The van der Waals surface area contributed by atoms with E-state index in [2.05, 4.69) is 243 Å². The van der Waals surface area contributed by atoms with E-state index in [1.165, 1.54) is 96.8 Å². The molecule has 10 aromatic carbocycles. The maximum Gasteiger partial charge on any atom is 0.135 e. The standard InChI is InChI=1S/C15H14.2C13H11N.C12H8O.C12H8S.13C2H6/c1-15(2)13-9-5-3-7-11(13)12-8-4-6-10-14(12)15;2*1-14-12-8-4-2-6-10(12)11-7-3-5-9-13(11)14;2*1-3-7-11-9(5-1)10-6-2-4-8-12(10)13-11;13*1-2/h3-10H,1-2H3;2*2-9H,1H3;2*1-8H;13*1-2H3.